The third kappa shape index (κ3) is 6.13. The largest absolute Gasteiger partial charge is 0.484 e. The summed E-state index contributed by atoms with van der Waals surface area (Å²) < 4.78 is 5.62. The molecule has 2 amide bonds. The number of anilines is 1. The molecule has 0 aliphatic carbocycles. The van der Waals surface area contributed by atoms with Crippen LogP contribution in [0.15, 0.2) is 42.5 Å². The van der Waals surface area contributed by atoms with Crippen LogP contribution in [0.2, 0.25) is 0 Å². The minimum atomic E-state index is -0.224. The zero-order valence-electron chi connectivity index (χ0n) is 16.7. The van der Waals surface area contributed by atoms with Gasteiger partial charge in [0.1, 0.15) is 5.75 Å². The third-order valence-electron chi connectivity index (χ3n) is 4.40. The molecule has 0 atom stereocenters. The molecule has 0 unspecified atom stereocenters. The quantitative estimate of drug-likeness (QED) is 0.800. The summed E-state index contributed by atoms with van der Waals surface area (Å²) in [6.07, 6.45) is 0. The number of hydrogen-bond acceptors (Lipinski definition) is 3. The summed E-state index contributed by atoms with van der Waals surface area (Å²) in [5.41, 5.74) is 4.07. The van der Waals surface area contributed by atoms with E-state index in [1.54, 1.807) is 11.9 Å². The molecule has 0 radical (unpaired) electrons. The number of ether oxygens (including phenoxy) is 1. The third-order valence-corrected chi connectivity index (χ3v) is 4.40. The van der Waals surface area contributed by atoms with Crippen LogP contribution in [0.25, 0.3) is 0 Å². The first-order valence-electron chi connectivity index (χ1n) is 9.10. The molecule has 0 aliphatic rings. The fourth-order valence-corrected chi connectivity index (χ4v) is 2.86. The lowest BCUT2D eigenvalue weighted by atomic mass is 9.98. The van der Waals surface area contributed by atoms with Crippen molar-refractivity contribution >= 4 is 17.5 Å². The number of carbonyl (C=O) groups excluding carboxylic acids is 2. The monoisotopic (exact) mass is 368 g/mol. The Hall–Kier alpha value is -2.82. The summed E-state index contributed by atoms with van der Waals surface area (Å²) in [6.45, 7) is 8.32. The van der Waals surface area contributed by atoms with Crippen LogP contribution in [0.5, 0.6) is 5.75 Å². The van der Waals surface area contributed by atoms with Gasteiger partial charge < -0.3 is 15.0 Å². The van der Waals surface area contributed by atoms with Gasteiger partial charge in [0.25, 0.3) is 5.91 Å². The van der Waals surface area contributed by atoms with Gasteiger partial charge in [0, 0.05) is 26.2 Å². The number of carbonyl (C=O) groups is 2. The van der Waals surface area contributed by atoms with Gasteiger partial charge in [0.05, 0.1) is 0 Å². The van der Waals surface area contributed by atoms with Crippen LogP contribution in [0.4, 0.5) is 5.69 Å². The lowest BCUT2D eigenvalue weighted by molar-refractivity contribution is -0.128. The summed E-state index contributed by atoms with van der Waals surface area (Å²) in [5, 5.41) is 2.83. The normalized spacial score (nSPS) is 10.6. The Morgan fingerprint density at radius 2 is 1.89 bits per heavy atom. The predicted octanol–water partition coefficient (Wildman–Crippen LogP) is 4.11. The van der Waals surface area contributed by atoms with Gasteiger partial charge in [-0.15, -0.1) is 0 Å². The zero-order chi connectivity index (χ0) is 20.0. The molecule has 0 spiro atoms. The standard InChI is InChI=1S/C22H28N2O3/c1-15(2)21-10-9-20(11-16(21)3)27-14-22(26)23-19-8-6-7-18(12-19)13-24(5)17(4)25/h6-12,15H,13-14H2,1-5H3,(H,23,26). The average Bonchev–Trinajstić information content (AvgIpc) is 2.60. The topological polar surface area (TPSA) is 58.6 Å². The van der Waals surface area contributed by atoms with E-state index in [1.807, 2.05) is 49.4 Å². The molecule has 0 aromatic heterocycles. The summed E-state index contributed by atoms with van der Waals surface area (Å²) in [4.78, 5) is 25.2. The van der Waals surface area contributed by atoms with Crippen molar-refractivity contribution in [3.8, 4) is 5.75 Å². The van der Waals surface area contributed by atoms with Crippen LogP contribution in [0, 0.1) is 6.92 Å². The van der Waals surface area contributed by atoms with E-state index < -0.39 is 0 Å². The van der Waals surface area contributed by atoms with Crippen molar-refractivity contribution in [3.63, 3.8) is 0 Å². The van der Waals surface area contributed by atoms with E-state index in [0.717, 1.165) is 11.1 Å². The zero-order valence-corrected chi connectivity index (χ0v) is 16.7. The van der Waals surface area contributed by atoms with Gasteiger partial charge >= 0.3 is 0 Å². The highest BCUT2D eigenvalue weighted by molar-refractivity contribution is 5.91. The number of nitrogens with one attached hydrogen (secondary N) is 1. The summed E-state index contributed by atoms with van der Waals surface area (Å²) in [7, 11) is 1.74. The van der Waals surface area contributed by atoms with E-state index in [2.05, 4.69) is 19.2 Å². The first kappa shape index (κ1) is 20.5. The molecule has 0 saturated heterocycles. The van der Waals surface area contributed by atoms with E-state index in [0.29, 0.717) is 23.9 Å². The molecule has 2 rings (SSSR count). The Balaban J connectivity index is 1.92. The fraction of sp³-hybridized carbons (Fsp3) is 0.364. The van der Waals surface area contributed by atoms with Crippen molar-refractivity contribution in [2.45, 2.75) is 40.2 Å². The van der Waals surface area contributed by atoms with Crippen molar-refractivity contribution in [3.05, 3.63) is 59.2 Å². The van der Waals surface area contributed by atoms with Crippen molar-refractivity contribution in [1.29, 1.82) is 0 Å². The Bertz CT molecular complexity index is 815. The Morgan fingerprint density at radius 1 is 1.15 bits per heavy atom. The molecular formula is C22H28N2O3. The summed E-state index contributed by atoms with van der Waals surface area (Å²) >= 11 is 0. The van der Waals surface area contributed by atoms with Crippen LogP contribution < -0.4 is 10.1 Å². The first-order chi connectivity index (χ1) is 12.8. The van der Waals surface area contributed by atoms with E-state index in [9.17, 15) is 9.59 Å². The number of aryl methyl sites for hydroxylation is 1. The van der Waals surface area contributed by atoms with Crippen LogP contribution in [0.3, 0.4) is 0 Å². The molecule has 0 saturated carbocycles. The Kier molecular flexibility index (Phi) is 6.99. The van der Waals surface area contributed by atoms with Gasteiger partial charge in [-0.05, 0) is 53.8 Å². The van der Waals surface area contributed by atoms with Gasteiger partial charge in [-0.2, -0.15) is 0 Å². The Morgan fingerprint density at radius 3 is 2.52 bits per heavy atom. The number of hydrogen-bond donors (Lipinski definition) is 1. The Labute approximate surface area is 161 Å². The molecular weight excluding hydrogens is 340 g/mol. The van der Waals surface area contributed by atoms with Crippen molar-refractivity contribution in [2.24, 2.45) is 0 Å². The van der Waals surface area contributed by atoms with E-state index >= 15 is 0 Å². The number of rotatable bonds is 7. The smallest absolute Gasteiger partial charge is 0.262 e. The lowest BCUT2D eigenvalue weighted by Gasteiger charge is -2.15. The number of amides is 2. The second-order valence-corrected chi connectivity index (χ2v) is 7.09. The SMILES string of the molecule is CC(=O)N(C)Cc1cccc(NC(=O)COc2ccc(C(C)C)c(C)c2)c1. The number of benzene rings is 2. The maximum absolute atomic E-state index is 12.2. The molecule has 2 aromatic rings. The molecule has 2 aromatic carbocycles. The van der Waals surface area contributed by atoms with Crippen LogP contribution in [0.1, 0.15) is 43.4 Å². The first-order valence-corrected chi connectivity index (χ1v) is 9.10. The van der Waals surface area contributed by atoms with Crippen LogP contribution in [-0.2, 0) is 16.1 Å². The second-order valence-electron chi connectivity index (χ2n) is 7.09. The van der Waals surface area contributed by atoms with Crippen molar-refractivity contribution in [2.75, 3.05) is 19.0 Å². The van der Waals surface area contributed by atoms with E-state index in [-0.39, 0.29) is 18.4 Å². The van der Waals surface area contributed by atoms with Crippen molar-refractivity contribution < 1.29 is 14.3 Å². The highest BCUT2D eigenvalue weighted by Crippen LogP contribution is 2.23. The molecule has 5 heteroatoms. The van der Waals surface area contributed by atoms with Crippen molar-refractivity contribution in [1.82, 2.24) is 4.90 Å². The van der Waals surface area contributed by atoms with E-state index in [1.165, 1.54) is 12.5 Å². The average molecular weight is 368 g/mol. The summed E-state index contributed by atoms with van der Waals surface area (Å²) in [5.74, 6) is 0.912. The molecule has 27 heavy (non-hydrogen) atoms. The van der Waals surface area contributed by atoms with Crippen LogP contribution in [-0.4, -0.2) is 30.4 Å². The predicted molar refractivity (Wildman–Crippen MR) is 108 cm³/mol. The molecule has 0 fully saturated rings. The minimum absolute atomic E-state index is 0.00313. The molecule has 0 bridgehead atoms. The van der Waals surface area contributed by atoms with Gasteiger partial charge in [-0.25, -0.2) is 0 Å². The molecule has 5 nitrogen and oxygen atoms in total. The minimum Gasteiger partial charge on any atom is -0.484 e. The lowest BCUT2D eigenvalue weighted by Crippen LogP contribution is -2.23. The highest BCUT2D eigenvalue weighted by atomic mass is 16.5. The van der Waals surface area contributed by atoms with Gasteiger partial charge in [0.15, 0.2) is 6.61 Å². The highest BCUT2D eigenvalue weighted by Gasteiger charge is 2.08. The maximum atomic E-state index is 12.2. The molecule has 1 N–H and O–H groups in total. The van der Waals surface area contributed by atoms with Crippen LogP contribution >= 0.6 is 0 Å². The molecule has 0 aliphatic heterocycles. The van der Waals surface area contributed by atoms with Gasteiger partial charge in [-0.3, -0.25) is 9.59 Å². The molecule has 144 valence electrons. The summed E-state index contributed by atoms with van der Waals surface area (Å²) in [6, 6.07) is 13.4. The maximum Gasteiger partial charge on any atom is 0.262 e. The fourth-order valence-electron chi connectivity index (χ4n) is 2.86. The van der Waals surface area contributed by atoms with E-state index in [4.69, 9.17) is 4.74 Å². The van der Waals surface area contributed by atoms with Gasteiger partial charge in [-0.1, -0.05) is 32.0 Å². The second kappa shape index (κ2) is 9.21. The number of nitrogens with zero attached hydrogens (tertiary/aromatic N) is 1. The molecule has 0 heterocycles. The van der Waals surface area contributed by atoms with Gasteiger partial charge in [0.2, 0.25) is 5.91 Å².